The Balaban J connectivity index is 0.000000771. The second-order valence-electron chi connectivity index (χ2n) is 3.21. The van der Waals surface area contributed by atoms with Gasteiger partial charge in [0.1, 0.15) is 0 Å². The molecule has 18 heavy (non-hydrogen) atoms. The summed E-state index contributed by atoms with van der Waals surface area (Å²) in [5.41, 5.74) is 0.563. The molecule has 0 unspecified atom stereocenters. The highest BCUT2D eigenvalue weighted by molar-refractivity contribution is 5.93. The number of carbonyl (C=O) groups excluding carboxylic acids is 1. The highest BCUT2D eigenvalue weighted by atomic mass is 16.5. The van der Waals surface area contributed by atoms with Gasteiger partial charge in [-0.05, 0) is 19.1 Å². The Hall–Kier alpha value is -2.23. The molecule has 0 saturated heterocycles. The standard InChI is InChI=1S/C12H10N2O2.C2H6/c1-9(15)10-5-6-12(14-8-10)16-11-4-2-3-7-13-11;1-2/h2-8H,1H3;1-2H3. The van der Waals surface area contributed by atoms with Crippen molar-refractivity contribution in [2.45, 2.75) is 20.8 Å². The highest BCUT2D eigenvalue weighted by Gasteiger charge is 2.02. The molecule has 0 aliphatic carbocycles. The lowest BCUT2D eigenvalue weighted by atomic mass is 10.2. The third-order valence-corrected chi connectivity index (χ3v) is 1.99. The van der Waals surface area contributed by atoms with E-state index in [0.29, 0.717) is 17.3 Å². The van der Waals surface area contributed by atoms with E-state index >= 15 is 0 Å². The average molecular weight is 244 g/mol. The maximum absolute atomic E-state index is 11.0. The van der Waals surface area contributed by atoms with E-state index in [1.807, 2.05) is 19.9 Å². The summed E-state index contributed by atoms with van der Waals surface area (Å²) < 4.78 is 5.38. The van der Waals surface area contributed by atoms with Crippen molar-refractivity contribution in [2.75, 3.05) is 0 Å². The topological polar surface area (TPSA) is 52.1 Å². The van der Waals surface area contributed by atoms with Gasteiger partial charge in [-0.1, -0.05) is 19.9 Å². The van der Waals surface area contributed by atoms with Crippen LogP contribution in [-0.2, 0) is 0 Å². The number of carbonyl (C=O) groups is 1. The number of hydrogen-bond donors (Lipinski definition) is 0. The van der Waals surface area contributed by atoms with E-state index in [-0.39, 0.29) is 5.78 Å². The Labute approximate surface area is 107 Å². The van der Waals surface area contributed by atoms with Crippen LogP contribution in [0.2, 0.25) is 0 Å². The van der Waals surface area contributed by atoms with Crippen molar-refractivity contribution in [1.82, 2.24) is 9.97 Å². The molecular formula is C14H16N2O2. The Morgan fingerprint density at radius 3 is 2.28 bits per heavy atom. The van der Waals surface area contributed by atoms with E-state index in [4.69, 9.17) is 4.74 Å². The maximum Gasteiger partial charge on any atom is 0.221 e. The van der Waals surface area contributed by atoms with Gasteiger partial charge in [-0.25, -0.2) is 9.97 Å². The van der Waals surface area contributed by atoms with Gasteiger partial charge in [0.05, 0.1) is 0 Å². The molecule has 0 saturated carbocycles. The fourth-order valence-corrected chi connectivity index (χ4v) is 1.16. The van der Waals surface area contributed by atoms with Gasteiger partial charge in [0.25, 0.3) is 0 Å². The molecule has 0 fully saturated rings. The summed E-state index contributed by atoms with van der Waals surface area (Å²) in [5, 5.41) is 0. The van der Waals surface area contributed by atoms with E-state index in [1.165, 1.54) is 13.1 Å². The molecule has 0 atom stereocenters. The van der Waals surface area contributed by atoms with Crippen LogP contribution in [0.1, 0.15) is 31.1 Å². The molecule has 0 amide bonds. The molecule has 0 radical (unpaired) electrons. The summed E-state index contributed by atoms with van der Waals surface area (Å²) >= 11 is 0. The fourth-order valence-electron chi connectivity index (χ4n) is 1.16. The van der Waals surface area contributed by atoms with Gasteiger partial charge in [-0.2, -0.15) is 0 Å². The summed E-state index contributed by atoms with van der Waals surface area (Å²) in [6.07, 6.45) is 3.12. The monoisotopic (exact) mass is 244 g/mol. The van der Waals surface area contributed by atoms with Gasteiger partial charge in [0.2, 0.25) is 11.8 Å². The van der Waals surface area contributed by atoms with Gasteiger partial charge >= 0.3 is 0 Å². The number of ether oxygens (including phenoxy) is 1. The van der Waals surface area contributed by atoms with E-state index in [0.717, 1.165) is 0 Å². The van der Waals surface area contributed by atoms with Gasteiger partial charge in [0.15, 0.2) is 5.78 Å². The number of Topliss-reactive ketones (excluding diaryl/α,β-unsaturated/α-hetero) is 1. The normalized spacial score (nSPS) is 9.06. The largest absolute Gasteiger partial charge is 0.421 e. The number of aromatic nitrogens is 2. The van der Waals surface area contributed by atoms with Gasteiger partial charge in [0, 0.05) is 30.1 Å². The van der Waals surface area contributed by atoms with E-state index < -0.39 is 0 Å². The van der Waals surface area contributed by atoms with Crippen molar-refractivity contribution in [1.29, 1.82) is 0 Å². The van der Waals surface area contributed by atoms with Crippen LogP contribution in [0, 0.1) is 0 Å². The van der Waals surface area contributed by atoms with Crippen LogP contribution in [0.15, 0.2) is 42.7 Å². The van der Waals surface area contributed by atoms with Crippen LogP contribution < -0.4 is 4.74 Å². The molecule has 2 aromatic rings. The zero-order valence-corrected chi connectivity index (χ0v) is 10.8. The van der Waals surface area contributed by atoms with Gasteiger partial charge in [-0.15, -0.1) is 0 Å². The smallest absolute Gasteiger partial charge is 0.221 e. The third-order valence-electron chi connectivity index (χ3n) is 1.99. The zero-order valence-electron chi connectivity index (χ0n) is 10.8. The van der Waals surface area contributed by atoms with Crippen molar-refractivity contribution >= 4 is 5.78 Å². The predicted octanol–water partition coefficient (Wildman–Crippen LogP) is 3.50. The Bertz CT molecular complexity index is 481. The molecule has 2 heterocycles. The van der Waals surface area contributed by atoms with Crippen molar-refractivity contribution in [2.24, 2.45) is 0 Å². The molecular weight excluding hydrogens is 228 g/mol. The minimum absolute atomic E-state index is 0.0168. The second-order valence-corrected chi connectivity index (χ2v) is 3.21. The van der Waals surface area contributed by atoms with Gasteiger partial charge < -0.3 is 4.74 Å². The molecule has 2 rings (SSSR count). The quantitative estimate of drug-likeness (QED) is 0.775. The van der Waals surface area contributed by atoms with Crippen molar-refractivity contribution in [3.63, 3.8) is 0 Å². The molecule has 4 heteroatoms. The lowest BCUT2D eigenvalue weighted by molar-refractivity contribution is 0.101. The van der Waals surface area contributed by atoms with E-state index in [9.17, 15) is 4.79 Å². The van der Waals surface area contributed by atoms with Gasteiger partial charge in [-0.3, -0.25) is 4.79 Å². The molecule has 0 spiro atoms. The fraction of sp³-hybridized carbons (Fsp3) is 0.214. The lowest BCUT2D eigenvalue weighted by Crippen LogP contribution is -1.94. The summed E-state index contributed by atoms with van der Waals surface area (Å²) in [5.74, 6) is 0.881. The first kappa shape index (κ1) is 13.8. The van der Waals surface area contributed by atoms with E-state index in [1.54, 1.807) is 30.5 Å². The van der Waals surface area contributed by atoms with Crippen LogP contribution in [0.3, 0.4) is 0 Å². The molecule has 4 nitrogen and oxygen atoms in total. The van der Waals surface area contributed by atoms with E-state index in [2.05, 4.69) is 9.97 Å². The van der Waals surface area contributed by atoms with Crippen LogP contribution in [0.5, 0.6) is 11.8 Å². The molecule has 2 aromatic heterocycles. The Morgan fingerprint density at radius 2 is 1.78 bits per heavy atom. The number of hydrogen-bond acceptors (Lipinski definition) is 4. The average Bonchev–Trinajstić information content (AvgIpc) is 2.43. The minimum atomic E-state index is -0.0168. The molecule has 0 aliphatic rings. The summed E-state index contributed by atoms with van der Waals surface area (Å²) in [7, 11) is 0. The molecule has 0 aliphatic heterocycles. The van der Waals surface area contributed by atoms with Crippen LogP contribution >= 0.6 is 0 Å². The van der Waals surface area contributed by atoms with Crippen LogP contribution in [0.25, 0.3) is 0 Å². The predicted molar refractivity (Wildman–Crippen MR) is 69.9 cm³/mol. The lowest BCUT2D eigenvalue weighted by Gasteiger charge is -2.02. The zero-order chi connectivity index (χ0) is 13.4. The maximum atomic E-state index is 11.0. The first-order valence-electron chi connectivity index (χ1n) is 5.81. The number of pyridine rings is 2. The number of nitrogens with zero attached hydrogens (tertiary/aromatic N) is 2. The molecule has 0 aromatic carbocycles. The highest BCUT2D eigenvalue weighted by Crippen LogP contribution is 2.16. The summed E-state index contributed by atoms with van der Waals surface area (Å²) in [4.78, 5) is 19.0. The third kappa shape index (κ3) is 3.97. The number of rotatable bonds is 3. The Kier molecular flexibility index (Phi) is 5.51. The minimum Gasteiger partial charge on any atom is -0.421 e. The second kappa shape index (κ2) is 7.17. The Morgan fingerprint density at radius 1 is 1.06 bits per heavy atom. The first-order valence-corrected chi connectivity index (χ1v) is 5.81. The van der Waals surface area contributed by atoms with Crippen molar-refractivity contribution < 1.29 is 9.53 Å². The van der Waals surface area contributed by atoms with Crippen molar-refractivity contribution in [3.8, 4) is 11.8 Å². The molecule has 0 bridgehead atoms. The summed E-state index contributed by atoms with van der Waals surface area (Å²) in [6, 6.07) is 8.69. The molecule has 0 N–H and O–H groups in total. The van der Waals surface area contributed by atoms with Crippen molar-refractivity contribution in [3.05, 3.63) is 48.3 Å². The first-order chi connectivity index (χ1) is 8.75. The van der Waals surface area contributed by atoms with Crippen LogP contribution in [0.4, 0.5) is 0 Å². The van der Waals surface area contributed by atoms with Crippen LogP contribution in [-0.4, -0.2) is 15.8 Å². The molecule has 94 valence electrons. The SMILES string of the molecule is CC.CC(=O)c1ccc(Oc2ccccn2)nc1. The number of ketones is 1. The summed E-state index contributed by atoms with van der Waals surface area (Å²) in [6.45, 7) is 5.50.